The van der Waals surface area contributed by atoms with Crippen LogP contribution in [0.2, 0.25) is 0 Å². The molecule has 1 heterocycles. The van der Waals surface area contributed by atoms with E-state index in [0.29, 0.717) is 0 Å². The molecule has 3 rings (SSSR count). The molecule has 0 unspecified atom stereocenters. The number of rotatable bonds is 4. The van der Waals surface area contributed by atoms with Gasteiger partial charge in [0.1, 0.15) is 5.75 Å². The summed E-state index contributed by atoms with van der Waals surface area (Å²) >= 11 is 0. The zero-order valence-electron chi connectivity index (χ0n) is 11.9. The minimum atomic E-state index is 0.765. The van der Waals surface area contributed by atoms with Crippen molar-refractivity contribution in [1.29, 1.82) is 0 Å². The minimum Gasteiger partial charge on any atom is -0.497 e. The summed E-state index contributed by atoms with van der Waals surface area (Å²) in [6, 6.07) is 20.0. The summed E-state index contributed by atoms with van der Waals surface area (Å²) in [6.07, 6.45) is 2.60. The van der Waals surface area contributed by atoms with Gasteiger partial charge in [-0.2, -0.15) is 0 Å². The first-order valence-electron chi connectivity index (χ1n) is 6.85. The van der Waals surface area contributed by atoms with Gasteiger partial charge in [-0.3, -0.25) is 0 Å². The Labute approximate surface area is 124 Å². The van der Waals surface area contributed by atoms with Crippen molar-refractivity contribution in [3.63, 3.8) is 0 Å². The van der Waals surface area contributed by atoms with Crippen LogP contribution in [0.3, 0.4) is 0 Å². The van der Waals surface area contributed by atoms with E-state index in [9.17, 15) is 0 Å². The van der Waals surface area contributed by atoms with E-state index < -0.39 is 0 Å². The third kappa shape index (κ3) is 3.26. The van der Waals surface area contributed by atoms with Gasteiger partial charge in [-0.15, -0.1) is 0 Å². The lowest BCUT2D eigenvalue weighted by atomic mass is 10.1. The van der Waals surface area contributed by atoms with Gasteiger partial charge in [-0.1, -0.05) is 42.5 Å². The predicted molar refractivity (Wildman–Crippen MR) is 83.3 cm³/mol. The lowest BCUT2D eigenvalue weighted by Crippen LogP contribution is -1.96. The molecule has 0 bridgehead atoms. The summed E-state index contributed by atoms with van der Waals surface area (Å²) < 4.78 is 5.17. The average molecular weight is 276 g/mol. The summed E-state index contributed by atoms with van der Waals surface area (Å²) in [5.74, 6) is 1.63. The molecule has 0 aliphatic heterocycles. The van der Waals surface area contributed by atoms with Gasteiger partial charge >= 0.3 is 0 Å². The van der Waals surface area contributed by atoms with Crippen molar-refractivity contribution in [3.8, 4) is 17.1 Å². The second-order valence-electron chi connectivity index (χ2n) is 4.76. The van der Waals surface area contributed by atoms with Gasteiger partial charge in [0.25, 0.3) is 0 Å². The van der Waals surface area contributed by atoms with Crippen molar-refractivity contribution in [2.45, 2.75) is 6.42 Å². The fraction of sp³-hybridized carbons (Fsp3) is 0.111. The van der Waals surface area contributed by atoms with Gasteiger partial charge < -0.3 is 4.74 Å². The number of ether oxygens (including phenoxy) is 1. The molecule has 0 atom stereocenters. The maximum atomic E-state index is 5.17. The molecule has 0 amide bonds. The monoisotopic (exact) mass is 276 g/mol. The zero-order valence-corrected chi connectivity index (χ0v) is 11.9. The van der Waals surface area contributed by atoms with Crippen LogP contribution in [0.25, 0.3) is 11.4 Å². The van der Waals surface area contributed by atoms with E-state index in [1.54, 1.807) is 7.11 Å². The van der Waals surface area contributed by atoms with Crippen LogP contribution in [0, 0.1) is 0 Å². The number of hydrogen-bond donors (Lipinski definition) is 0. The molecule has 0 N–H and O–H groups in total. The first-order valence-corrected chi connectivity index (χ1v) is 6.85. The zero-order chi connectivity index (χ0) is 14.5. The maximum absolute atomic E-state index is 5.17. The summed E-state index contributed by atoms with van der Waals surface area (Å²) in [5.41, 5.74) is 3.25. The molecule has 21 heavy (non-hydrogen) atoms. The van der Waals surface area contributed by atoms with E-state index in [1.165, 1.54) is 5.56 Å². The Morgan fingerprint density at radius 1 is 0.905 bits per heavy atom. The average Bonchev–Trinajstić information content (AvgIpc) is 2.57. The Morgan fingerprint density at radius 3 is 2.38 bits per heavy atom. The Kier molecular flexibility index (Phi) is 3.92. The number of methoxy groups -OCH3 is 1. The Bertz CT molecular complexity index is 709. The fourth-order valence-electron chi connectivity index (χ4n) is 2.17. The van der Waals surface area contributed by atoms with Crippen molar-refractivity contribution in [2.24, 2.45) is 0 Å². The molecule has 3 heteroatoms. The van der Waals surface area contributed by atoms with Crippen molar-refractivity contribution in [2.75, 3.05) is 7.11 Å². The number of aromatic nitrogens is 2. The third-order valence-electron chi connectivity index (χ3n) is 3.29. The van der Waals surface area contributed by atoms with Gasteiger partial charge in [0.2, 0.25) is 0 Å². The fourth-order valence-corrected chi connectivity index (χ4v) is 2.17. The summed E-state index contributed by atoms with van der Waals surface area (Å²) in [4.78, 5) is 8.99. The third-order valence-corrected chi connectivity index (χ3v) is 3.29. The molecular formula is C18H16N2O. The Morgan fingerprint density at radius 2 is 1.67 bits per heavy atom. The summed E-state index contributed by atoms with van der Waals surface area (Å²) in [7, 11) is 1.67. The highest BCUT2D eigenvalue weighted by atomic mass is 16.5. The molecule has 104 valence electrons. The SMILES string of the molecule is COc1ccc(Cc2ccnc(-c3ccccc3)n2)cc1. The Hall–Kier alpha value is -2.68. The van der Waals surface area contributed by atoms with E-state index in [4.69, 9.17) is 4.74 Å². The normalized spacial score (nSPS) is 10.3. The molecule has 1 aromatic heterocycles. The van der Waals surface area contributed by atoms with Crippen molar-refractivity contribution >= 4 is 0 Å². The van der Waals surface area contributed by atoms with Crippen LogP contribution in [0.15, 0.2) is 66.9 Å². The highest BCUT2D eigenvalue weighted by molar-refractivity contribution is 5.54. The molecule has 0 saturated heterocycles. The van der Waals surface area contributed by atoms with Crippen LogP contribution >= 0.6 is 0 Å². The van der Waals surface area contributed by atoms with Crippen LogP contribution < -0.4 is 4.74 Å². The summed E-state index contributed by atoms with van der Waals surface area (Å²) in [6.45, 7) is 0. The van der Waals surface area contributed by atoms with E-state index in [0.717, 1.165) is 29.3 Å². The van der Waals surface area contributed by atoms with E-state index >= 15 is 0 Å². The van der Waals surface area contributed by atoms with Gasteiger partial charge in [-0.25, -0.2) is 9.97 Å². The molecule has 0 aliphatic carbocycles. The van der Waals surface area contributed by atoms with Crippen LogP contribution in [0.1, 0.15) is 11.3 Å². The Balaban J connectivity index is 1.83. The van der Waals surface area contributed by atoms with Crippen LogP contribution in [0.5, 0.6) is 5.75 Å². The minimum absolute atomic E-state index is 0.765. The van der Waals surface area contributed by atoms with Crippen molar-refractivity contribution < 1.29 is 4.74 Å². The van der Waals surface area contributed by atoms with E-state index in [-0.39, 0.29) is 0 Å². The molecule has 0 spiro atoms. The van der Waals surface area contributed by atoms with Crippen LogP contribution in [-0.2, 0) is 6.42 Å². The van der Waals surface area contributed by atoms with E-state index in [2.05, 4.69) is 22.1 Å². The lowest BCUT2D eigenvalue weighted by Gasteiger charge is -2.05. The number of nitrogens with zero attached hydrogens (tertiary/aromatic N) is 2. The van der Waals surface area contributed by atoms with Gasteiger partial charge in [-0.05, 0) is 23.8 Å². The molecule has 2 aromatic carbocycles. The first kappa shape index (κ1) is 13.3. The summed E-state index contributed by atoms with van der Waals surface area (Å²) in [5, 5.41) is 0. The highest BCUT2D eigenvalue weighted by Crippen LogP contribution is 2.17. The van der Waals surface area contributed by atoms with Crippen LogP contribution in [0.4, 0.5) is 0 Å². The maximum Gasteiger partial charge on any atom is 0.159 e. The second kappa shape index (κ2) is 6.18. The molecular weight excluding hydrogens is 260 g/mol. The molecule has 0 radical (unpaired) electrons. The van der Waals surface area contributed by atoms with Gasteiger partial charge in [0.15, 0.2) is 5.82 Å². The lowest BCUT2D eigenvalue weighted by molar-refractivity contribution is 0.414. The molecule has 0 saturated carbocycles. The first-order chi connectivity index (χ1) is 10.3. The van der Waals surface area contributed by atoms with Gasteiger partial charge in [0, 0.05) is 23.9 Å². The topological polar surface area (TPSA) is 35.0 Å². The molecule has 3 aromatic rings. The molecule has 0 fully saturated rings. The van der Waals surface area contributed by atoms with Crippen molar-refractivity contribution in [1.82, 2.24) is 9.97 Å². The van der Waals surface area contributed by atoms with Crippen LogP contribution in [-0.4, -0.2) is 17.1 Å². The molecule has 3 nitrogen and oxygen atoms in total. The smallest absolute Gasteiger partial charge is 0.159 e. The highest BCUT2D eigenvalue weighted by Gasteiger charge is 2.03. The predicted octanol–water partition coefficient (Wildman–Crippen LogP) is 3.74. The number of benzene rings is 2. The van der Waals surface area contributed by atoms with Crippen molar-refractivity contribution in [3.05, 3.63) is 78.1 Å². The molecule has 0 aliphatic rings. The second-order valence-corrected chi connectivity index (χ2v) is 4.76. The standard InChI is InChI=1S/C18H16N2O/c1-21-17-9-7-14(8-10-17)13-16-11-12-19-18(20-16)15-5-3-2-4-6-15/h2-12H,13H2,1H3. The van der Waals surface area contributed by atoms with Gasteiger partial charge in [0.05, 0.1) is 7.11 Å². The quantitative estimate of drug-likeness (QED) is 0.728. The number of hydrogen-bond acceptors (Lipinski definition) is 3. The van der Waals surface area contributed by atoms with E-state index in [1.807, 2.05) is 54.7 Å². The largest absolute Gasteiger partial charge is 0.497 e.